The highest BCUT2D eigenvalue weighted by Crippen LogP contribution is 2.28. The van der Waals surface area contributed by atoms with E-state index in [9.17, 15) is 18.7 Å². The summed E-state index contributed by atoms with van der Waals surface area (Å²) in [5, 5.41) is 10.0. The maximum absolute atomic E-state index is 13.8. The second-order valence-corrected chi connectivity index (χ2v) is 6.16. The van der Waals surface area contributed by atoms with Crippen molar-refractivity contribution in [3.63, 3.8) is 0 Å². The Morgan fingerprint density at radius 1 is 1.30 bits per heavy atom. The Kier molecular flexibility index (Phi) is 5.27. The van der Waals surface area contributed by atoms with Crippen LogP contribution in [-0.4, -0.2) is 17.0 Å². The number of ketones is 1. The minimum atomic E-state index is -1.12. The molecule has 1 unspecified atom stereocenters. The number of aliphatic hydroxyl groups excluding tert-OH is 1. The predicted octanol–water partition coefficient (Wildman–Crippen LogP) is 3.78. The summed E-state index contributed by atoms with van der Waals surface area (Å²) in [7, 11) is 0. The maximum atomic E-state index is 13.8. The second-order valence-electron chi connectivity index (χ2n) is 5.31. The Morgan fingerprint density at radius 2 is 1.95 bits per heavy atom. The SMILES string of the molecule is O=C(Cc1c(F)ccc(Br)c1F)C(O)C1CCCCC1. The van der Waals surface area contributed by atoms with Crippen LogP contribution in [0.3, 0.4) is 0 Å². The summed E-state index contributed by atoms with van der Waals surface area (Å²) in [6.45, 7) is 0. The van der Waals surface area contributed by atoms with Crippen LogP contribution in [0.5, 0.6) is 0 Å². The minimum Gasteiger partial charge on any atom is -0.385 e. The van der Waals surface area contributed by atoms with E-state index < -0.39 is 29.9 Å². The lowest BCUT2D eigenvalue weighted by Gasteiger charge is -2.25. The molecule has 1 aliphatic rings. The van der Waals surface area contributed by atoms with Gasteiger partial charge < -0.3 is 5.11 Å². The molecule has 0 aromatic heterocycles. The highest BCUT2D eigenvalue weighted by atomic mass is 79.9. The molecule has 1 aromatic rings. The van der Waals surface area contributed by atoms with Crippen molar-refractivity contribution in [3.8, 4) is 0 Å². The normalized spacial score (nSPS) is 18.0. The van der Waals surface area contributed by atoms with Gasteiger partial charge in [-0.1, -0.05) is 19.3 Å². The van der Waals surface area contributed by atoms with Crippen LogP contribution in [0, 0.1) is 17.6 Å². The van der Waals surface area contributed by atoms with Crippen LogP contribution in [-0.2, 0) is 11.2 Å². The Labute approximate surface area is 125 Å². The van der Waals surface area contributed by atoms with E-state index in [1.54, 1.807) is 0 Å². The molecular formula is C15H17BrF2O2. The molecule has 110 valence electrons. The number of hydrogen-bond donors (Lipinski definition) is 1. The molecule has 0 bridgehead atoms. The molecular weight excluding hydrogens is 330 g/mol. The lowest BCUT2D eigenvalue weighted by Crippen LogP contribution is -2.32. The third kappa shape index (κ3) is 3.44. The predicted molar refractivity (Wildman–Crippen MR) is 75.4 cm³/mol. The molecule has 1 atom stereocenters. The minimum absolute atomic E-state index is 0.0745. The molecule has 1 saturated carbocycles. The Balaban J connectivity index is 2.09. The van der Waals surface area contributed by atoms with Crippen molar-refractivity contribution in [2.24, 2.45) is 5.92 Å². The summed E-state index contributed by atoms with van der Waals surface area (Å²) < 4.78 is 27.5. The molecule has 2 rings (SSSR count). The van der Waals surface area contributed by atoms with E-state index in [-0.39, 0.29) is 16.0 Å². The van der Waals surface area contributed by atoms with Crippen LogP contribution in [0.1, 0.15) is 37.7 Å². The fourth-order valence-electron chi connectivity index (χ4n) is 2.72. The molecule has 20 heavy (non-hydrogen) atoms. The number of benzene rings is 1. The van der Waals surface area contributed by atoms with Gasteiger partial charge in [0.25, 0.3) is 0 Å². The lowest BCUT2D eigenvalue weighted by molar-refractivity contribution is -0.129. The summed E-state index contributed by atoms with van der Waals surface area (Å²) in [4.78, 5) is 12.0. The Hall–Kier alpha value is -0.810. The fourth-order valence-corrected chi connectivity index (χ4v) is 3.09. The standard InChI is InChI=1S/C15H17BrF2O2/c16-11-6-7-12(17)10(14(11)18)8-13(19)15(20)9-4-2-1-3-5-9/h6-7,9,15,20H,1-5,8H2. The number of hydrogen-bond acceptors (Lipinski definition) is 2. The molecule has 0 radical (unpaired) electrons. The molecule has 2 nitrogen and oxygen atoms in total. The maximum Gasteiger partial charge on any atom is 0.166 e. The lowest BCUT2D eigenvalue weighted by atomic mass is 9.83. The number of halogens is 3. The fraction of sp³-hybridized carbons (Fsp3) is 0.533. The van der Waals surface area contributed by atoms with E-state index in [0.717, 1.165) is 38.2 Å². The van der Waals surface area contributed by atoms with E-state index in [1.807, 2.05) is 0 Å². The van der Waals surface area contributed by atoms with Gasteiger partial charge in [-0.05, 0) is 46.8 Å². The molecule has 0 amide bonds. The Morgan fingerprint density at radius 3 is 2.60 bits per heavy atom. The average molecular weight is 347 g/mol. The van der Waals surface area contributed by atoms with Crippen molar-refractivity contribution in [1.29, 1.82) is 0 Å². The molecule has 1 aromatic carbocycles. The highest BCUT2D eigenvalue weighted by Gasteiger charge is 2.28. The zero-order valence-corrected chi connectivity index (χ0v) is 12.6. The van der Waals surface area contributed by atoms with Crippen molar-refractivity contribution >= 4 is 21.7 Å². The largest absolute Gasteiger partial charge is 0.385 e. The molecule has 0 saturated heterocycles. The summed E-state index contributed by atoms with van der Waals surface area (Å²) in [5.74, 6) is -2.11. The number of carbonyl (C=O) groups excluding carboxylic acids is 1. The summed E-state index contributed by atoms with van der Waals surface area (Å²) in [6, 6.07) is 2.37. The van der Waals surface area contributed by atoms with Crippen molar-refractivity contribution in [3.05, 3.63) is 33.8 Å². The average Bonchev–Trinajstić information content (AvgIpc) is 2.47. The van der Waals surface area contributed by atoms with E-state index in [0.29, 0.717) is 0 Å². The number of carbonyl (C=O) groups is 1. The molecule has 1 N–H and O–H groups in total. The van der Waals surface area contributed by atoms with E-state index in [1.165, 1.54) is 6.07 Å². The molecule has 0 heterocycles. The first-order valence-corrected chi connectivity index (χ1v) is 7.63. The molecule has 0 aliphatic heterocycles. The summed E-state index contributed by atoms with van der Waals surface area (Å²) in [5.41, 5.74) is -0.278. The second kappa shape index (κ2) is 6.76. The Bertz CT molecular complexity index is 499. The third-order valence-corrected chi connectivity index (χ3v) is 4.53. The van der Waals surface area contributed by atoms with Gasteiger partial charge >= 0.3 is 0 Å². The monoisotopic (exact) mass is 346 g/mol. The first kappa shape index (κ1) is 15.6. The summed E-state index contributed by atoms with van der Waals surface area (Å²) in [6.07, 6.45) is 3.19. The van der Waals surface area contributed by atoms with Gasteiger partial charge in [-0.25, -0.2) is 8.78 Å². The first-order chi connectivity index (χ1) is 9.50. The van der Waals surface area contributed by atoms with Gasteiger partial charge in [0.1, 0.15) is 17.7 Å². The van der Waals surface area contributed by atoms with Crippen molar-refractivity contribution in [1.82, 2.24) is 0 Å². The van der Waals surface area contributed by atoms with Crippen LogP contribution in [0.2, 0.25) is 0 Å². The van der Waals surface area contributed by atoms with Crippen LogP contribution >= 0.6 is 15.9 Å². The highest BCUT2D eigenvalue weighted by molar-refractivity contribution is 9.10. The quantitative estimate of drug-likeness (QED) is 0.842. The van der Waals surface area contributed by atoms with Gasteiger partial charge in [0.2, 0.25) is 0 Å². The van der Waals surface area contributed by atoms with Crippen LogP contribution < -0.4 is 0 Å². The number of Topliss-reactive ketones (excluding diaryl/α,β-unsaturated/α-hetero) is 1. The van der Waals surface area contributed by atoms with Crippen molar-refractivity contribution in [2.45, 2.75) is 44.6 Å². The van der Waals surface area contributed by atoms with Crippen molar-refractivity contribution < 1.29 is 18.7 Å². The van der Waals surface area contributed by atoms with Gasteiger partial charge in [-0.2, -0.15) is 0 Å². The third-order valence-electron chi connectivity index (χ3n) is 3.92. The van der Waals surface area contributed by atoms with E-state index in [4.69, 9.17) is 0 Å². The van der Waals surface area contributed by atoms with E-state index >= 15 is 0 Å². The molecule has 1 fully saturated rings. The van der Waals surface area contributed by atoms with Crippen molar-refractivity contribution in [2.75, 3.05) is 0 Å². The first-order valence-electron chi connectivity index (χ1n) is 6.84. The molecule has 5 heteroatoms. The van der Waals surface area contributed by atoms with E-state index in [2.05, 4.69) is 15.9 Å². The van der Waals surface area contributed by atoms with Gasteiger partial charge in [-0.15, -0.1) is 0 Å². The topological polar surface area (TPSA) is 37.3 Å². The van der Waals surface area contributed by atoms with Crippen LogP contribution in [0.15, 0.2) is 16.6 Å². The van der Waals surface area contributed by atoms with Gasteiger partial charge in [0.05, 0.1) is 4.47 Å². The van der Waals surface area contributed by atoms with Gasteiger partial charge in [-0.3, -0.25) is 4.79 Å². The summed E-state index contributed by atoms with van der Waals surface area (Å²) >= 11 is 2.97. The molecule has 0 spiro atoms. The van der Waals surface area contributed by atoms with Gasteiger partial charge in [0, 0.05) is 12.0 Å². The van der Waals surface area contributed by atoms with Crippen LogP contribution in [0.25, 0.3) is 0 Å². The molecule has 1 aliphatic carbocycles. The van der Waals surface area contributed by atoms with Gasteiger partial charge in [0.15, 0.2) is 5.78 Å². The zero-order valence-electron chi connectivity index (χ0n) is 11.0. The number of rotatable bonds is 4. The zero-order chi connectivity index (χ0) is 14.7. The number of aliphatic hydroxyl groups is 1. The van der Waals surface area contributed by atoms with Crippen LogP contribution in [0.4, 0.5) is 8.78 Å². The smallest absolute Gasteiger partial charge is 0.166 e.